The van der Waals surface area contributed by atoms with Gasteiger partial charge in [-0.3, -0.25) is 14.7 Å². The van der Waals surface area contributed by atoms with Gasteiger partial charge in [0, 0.05) is 31.0 Å². The van der Waals surface area contributed by atoms with Crippen LogP contribution in [0.15, 0.2) is 35.4 Å². The molecular weight excluding hydrogens is 288 g/mol. The number of hydrogen-bond donors (Lipinski definition) is 0. The highest BCUT2D eigenvalue weighted by Gasteiger charge is 2.26. The lowest BCUT2D eigenvalue weighted by Crippen LogP contribution is -2.37. The van der Waals surface area contributed by atoms with Crippen molar-refractivity contribution in [3.63, 3.8) is 0 Å². The Morgan fingerprint density at radius 2 is 2.22 bits per heavy atom. The Balaban J connectivity index is 1.50. The van der Waals surface area contributed by atoms with Gasteiger partial charge >= 0.3 is 0 Å². The average molecular weight is 310 g/mol. The summed E-state index contributed by atoms with van der Waals surface area (Å²) >= 11 is 0. The van der Waals surface area contributed by atoms with Crippen LogP contribution in [0.25, 0.3) is 0 Å². The van der Waals surface area contributed by atoms with Crippen molar-refractivity contribution in [3.05, 3.63) is 57.8 Å². The number of likely N-dealkylation sites (tertiary alicyclic amines) is 1. The number of pyridine rings is 1. The first kappa shape index (κ1) is 14.6. The zero-order valence-corrected chi connectivity index (χ0v) is 13.3. The fraction of sp³-hybridized carbons (Fsp3) is 0.500. The largest absolute Gasteiger partial charge is 0.294 e. The molecule has 0 radical (unpaired) electrons. The van der Waals surface area contributed by atoms with Gasteiger partial charge in [-0.25, -0.2) is 4.68 Å². The van der Waals surface area contributed by atoms with Crippen molar-refractivity contribution >= 4 is 0 Å². The summed E-state index contributed by atoms with van der Waals surface area (Å²) < 4.78 is 1.69. The average Bonchev–Trinajstić information content (AvgIpc) is 3.18. The van der Waals surface area contributed by atoms with Crippen molar-refractivity contribution in [1.29, 1.82) is 0 Å². The maximum atomic E-state index is 12.3. The molecule has 23 heavy (non-hydrogen) atoms. The highest BCUT2D eigenvalue weighted by Crippen LogP contribution is 2.22. The Kier molecular flexibility index (Phi) is 3.95. The second kappa shape index (κ2) is 6.24. The van der Waals surface area contributed by atoms with E-state index in [1.807, 2.05) is 12.3 Å². The van der Waals surface area contributed by atoms with E-state index in [4.69, 9.17) is 0 Å². The van der Waals surface area contributed by atoms with Crippen LogP contribution in [0.3, 0.4) is 0 Å². The summed E-state index contributed by atoms with van der Waals surface area (Å²) in [5.41, 5.74) is 3.57. The summed E-state index contributed by atoms with van der Waals surface area (Å²) in [7, 11) is 0. The number of nitrogens with zero attached hydrogens (tertiary/aromatic N) is 4. The van der Waals surface area contributed by atoms with Crippen molar-refractivity contribution in [1.82, 2.24) is 19.7 Å². The molecule has 1 fully saturated rings. The predicted octanol–water partition coefficient (Wildman–Crippen LogP) is 1.79. The number of aromatic nitrogens is 3. The maximum Gasteiger partial charge on any atom is 0.267 e. The molecule has 5 heteroatoms. The predicted molar refractivity (Wildman–Crippen MR) is 88.2 cm³/mol. The summed E-state index contributed by atoms with van der Waals surface area (Å²) in [5.74, 6) is 0. The molecule has 0 spiro atoms. The Labute approximate surface area is 136 Å². The lowest BCUT2D eigenvalue weighted by molar-refractivity contribution is 0.216. The topological polar surface area (TPSA) is 51.0 Å². The van der Waals surface area contributed by atoms with Gasteiger partial charge in [0.2, 0.25) is 0 Å². The highest BCUT2D eigenvalue weighted by atomic mass is 16.1. The van der Waals surface area contributed by atoms with Gasteiger partial charge in [0.1, 0.15) is 0 Å². The van der Waals surface area contributed by atoms with Crippen LogP contribution < -0.4 is 5.56 Å². The molecule has 5 nitrogen and oxygen atoms in total. The molecule has 0 N–H and O–H groups in total. The Hall–Kier alpha value is -2.01. The number of rotatable bonds is 4. The van der Waals surface area contributed by atoms with E-state index in [9.17, 15) is 4.79 Å². The van der Waals surface area contributed by atoms with Crippen molar-refractivity contribution in [2.75, 3.05) is 6.54 Å². The van der Waals surface area contributed by atoms with Crippen molar-refractivity contribution < 1.29 is 0 Å². The van der Waals surface area contributed by atoms with Gasteiger partial charge in [0.05, 0.1) is 12.2 Å². The van der Waals surface area contributed by atoms with E-state index in [0.29, 0.717) is 12.6 Å². The van der Waals surface area contributed by atoms with Crippen LogP contribution in [0.1, 0.15) is 36.1 Å². The fourth-order valence-electron chi connectivity index (χ4n) is 3.81. The first-order chi connectivity index (χ1) is 11.3. The molecule has 0 amide bonds. The summed E-state index contributed by atoms with van der Waals surface area (Å²) in [6, 6.07) is 6.28. The molecule has 1 aliphatic heterocycles. The van der Waals surface area contributed by atoms with Crippen molar-refractivity contribution in [2.45, 2.75) is 51.2 Å². The van der Waals surface area contributed by atoms with E-state index in [2.05, 4.69) is 21.0 Å². The Bertz CT molecular complexity index is 740. The maximum absolute atomic E-state index is 12.3. The molecule has 2 aliphatic rings. The summed E-state index contributed by atoms with van der Waals surface area (Å²) in [6.45, 7) is 2.68. The molecule has 3 heterocycles. The van der Waals surface area contributed by atoms with Crippen LogP contribution >= 0.6 is 0 Å². The first-order valence-electron chi connectivity index (χ1n) is 8.52. The minimum Gasteiger partial charge on any atom is -0.294 e. The quantitative estimate of drug-likeness (QED) is 0.864. The Morgan fingerprint density at radius 1 is 1.26 bits per heavy atom. The van der Waals surface area contributed by atoms with E-state index < -0.39 is 0 Å². The molecule has 0 bridgehead atoms. The minimum absolute atomic E-state index is 0.0545. The van der Waals surface area contributed by atoms with Gasteiger partial charge in [-0.15, -0.1) is 0 Å². The summed E-state index contributed by atoms with van der Waals surface area (Å²) in [5, 5.41) is 4.62. The van der Waals surface area contributed by atoms with E-state index >= 15 is 0 Å². The monoisotopic (exact) mass is 310 g/mol. The molecule has 120 valence electrons. The van der Waals surface area contributed by atoms with Crippen LogP contribution in [0.5, 0.6) is 0 Å². The molecule has 2 aromatic heterocycles. The Morgan fingerprint density at radius 3 is 3.09 bits per heavy atom. The lowest BCUT2D eigenvalue weighted by Gasteiger charge is -2.24. The molecule has 1 atom stereocenters. The molecule has 1 unspecified atom stereocenters. The molecule has 0 aromatic carbocycles. The zero-order chi connectivity index (χ0) is 15.6. The lowest BCUT2D eigenvalue weighted by atomic mass is 10.2. The van der Waals surface area contributed by atoms with Gasteiger partial charge in [0.15, 0.2) is 0 Å². The van der Waals surface area contributed by atoms with E-state index in [-0.39, 0.29) is 5.56 Å². The van der Waals surface area contributed by atoms with Crippen LogP contribution in [-0.4, -0.2) is 32.3 Å². The van der Waals surface area contributed by atoms with E-state index in [1.165, 1.54) is 12.0 Å². The van der Waals surface area contributed by atoms with E-state index in [0.717, 1.165) is 50.0 Å². The van der Waals surface area contributed by atoms with Crippen LogP contribution in [0, 0.1) is 0 Å². The van der Waals surface area contributed by atoms with Gasteiger partial charge < -0.3 is 0 Å². The number of aryl methyl sites for hydroxylation is 2. The van der Waals surface area contributed by atoms with Crippen LogP contribution in [0.2, 0.25) is 0 Å². The molecule has 0 saturated carbocycles. The van der Waals surface area contributed by atoms with Crippen molar-refractivity contribution in [2.24, 2.45) is 0 Å². The minimum atomic E-state index is 0.0545. The third kappa shape index (κ3) is 3.06. The molecule has 4 rings (SSSR count). The molecule has 1 saturated heterocycles. The molecule has 2 aromatic rings. The second-order valence-electron chi connectivity index (χ2n) is 6.62. The summed E-state index contributed by atoms with van der Waals surface area (Å²) in [6.07, 6.45) is 9.20. The zero-order valence-electron chi connectivity index (χ0n) is 13.3. The third-order valence-corrected chi connectivity index (χ3v) is 5.02. The number of hydrogen-bond acceptors (Lipinski definition) is 4. The molecular formula is C18H22N4O. The van der Waals surface area contributed by atoms with E-state index in [1.54, 1.807) is 16.9 Å². The van der Waals surface area contributed by atoms with Gasteiger partial charge in [0.25, 0.3) is 5.56 Å². The SMILES string of the molecule is O=c1cc2c(nn1CC1CCCN1Cc1cccnc1)CCC2. The van der Waals surface area contributed by atoms with Gasteiger partial charge in [-0.1, -0.05) is 6.07 Å². The third-order valence-electron chi connectivity index (χ3n) is 5.02. The number of fused-ring (bicyclic) bond motifs is 1. The second-order valence-corrected chi connectivity index (χ2v) is 6.62. The van der Waals surface area contributed by atoms with Crippen molar-refractivity contribution in [3.8, 4) is 0 Å². The van der Waals surface area contributed by atoms with Crippen LogP contribution in [-0.2, 0) is 25.9 Å². The first-order valence-corrected chi connectivity index (χ1v) is 8.52. The van der Waals surface area contributed by atoms with Gasteiger partial charge in [-0.2, -0.15) is 5.10 Å². The normalized spacial score (nSPS) is 20.8. The fourth-order valence-corrected chi connectivity index (χ4v) is 3.81. The van der Waals surface area contributed by atoms with Gasteiger partial charge in [-0.05, 0) is 55.8 Å². The van der Waals surface area contributed by atoms with Crippen LogP contribution in [0.4, 0.5) is 0 Å². The standard InChI is InChI=1S/C18H22N4O/c23-18-10-15-5-1-7-17(15)20-22(18)13-16-6-3-9-21(16)12-14-4-2-8-19-11-14/h2,4,8,10-11,16H,1,3,5-7,9,12-13H2. The smallest absolute Gasteiger partial charge is 0.267 e. The molecule has 1 aliphatic carbocycles. The highest BCUT2D eigenvalue weighted by molar-refractivity contribution is 5.22. The summed E-state index contributed by atoms with van der Waals surface area (Å²) in [4.78, 5) is 19.0.